The van der Waals surface area contributed by atoms with Gasteiger partial charge in [0.1, 0.15) is 5.82 Å². The topological polar surface area (TPSA) is 86.4 Å². The molecule has 1 atom stereocenters. The molecule has 0 unspecified atom stereocenters. The van der Waals surface area contributed by atoms with Gasteiger partial charge in [0.2, 0.25) is 11.8 Å². The molecule has 0 aromatic carbocycles. The molecule has 7 heteroatoms. The third-order valence-electron chi connectivity index (χ3n) is 8.18. The molecule has 7 nitrogen and oxygen atoms in total. The molecule has 174 valence electrons. The van der Waals surface area contributed by atoms with Crippen molar-refractivity contribution in [3.63, 3.8) is 0 Å². The Hall–Kier alpha value is -2.18. The van der Waals surface area contributed by atoms with Crippen LogP contribution in [0, 0.1) is 11.8 Å². The molecular weight excluding hydrogens is 404 g/mol. The smallest absolute Gasteiger partial charge is 0.256 e. The molecular formula is C25H36N4O3. The van der Waals surface area contributed by atoms with E-state index < -0.39 is 0 Å². The predicted molar refractivity (Wildman–Crippen MR) is 121 cm³/mol. The maximum Gasteiger partial charge on any atom is 0.256 e. The standard InChI is InChI=1S/C25H36N4O3/c30-22(15-17-7-2-1-3-8-17)28-14-12-20-19(16-28)24(31)27-23(26-20)21-11-6-13-29(21)25(32)18-9-4-5-10-18/h17-18,21H,1-16H2,(H,26,27,31)/t21-/m0/s1. The fraction of sp³-hybridized carbons (Fsp3) is 0.760. The summed E-state index contributed by atoms with van der Waals surface area (Å²) in [4.78, 5) is 50.5. The minimum Gasteiger partial charge on any atom is -0.338 e. The molecule has 1 N–H and O–H groups in total. The molecule has 2 aliphatic heterocycles. The Balaban J connectivity index is 1.29. The minimum absolute atomic E-state index is 0.118. The summed E-state index contributed by atoms with van der Waals surface area (Å²) >= 11 is 0. The maximum atomic E-state index is 13.0. The van der Waals surface area contributed by atoms with Crippen molar-refractivity contribution >= 4 is 11.8 Å². The van der Waals surface area contributed by atoms with Crippen LogP contribution in [0.1, 0.15) is 100 Å². The number of H-pyrrole nitrogens is 1. The van der Waals surface area contributed by atoms with Crippen molar-refractivity contribution in [2.45, 2.75) is 96.1 Å². The largest absolute Gasteiger partial charge is 0.338 e. The van der Waals surface area contributed by atoms with Gasteiger partial charge < -0.3 is 14.8 Å². The number of nitrogens with zero attached hydrogens (tertiary/aromatic N) is 3. The second kappa shape index (κ2) is 9.36. The molecule has 0 radical (unpaired) electrons. The van der Waals surface area contributed by atoms with Gasteiger partial charge in [-0.05, 0) is 44.4 Å². The average Bonchev–Trinajstić information content (AvgIpc) is 3.51. The quantitative estimate of drug-likeness (QED) is 0.777. The van der Waals surface area contributed by atoms with Crippen molar-refractivity contribution in [3.8, 4) is 0 Å². The lowest BCUT2D eigenvalue weighted by molar-refractivity contribution is -0.136. The third kappa shape index (κ3) is 4.35. The Bertz CT molecular complexity index is 914. The number of hydrogen-bond acceptors (Lipinski definition) is 4. The monoisotopic (exact) mass is 440 g/mol. The summed E-state index contributed by atoms with van der Waals surface area (Å²) in [5, 5.41) is 0. The Morgan fingerprint density at radius 1 is 0.938 bits per heavy atom. The summed E-state index contributed by atoms with van der Waals surface area (Å²) in [6.07, 6.45) is 13.3. The number of carbonyl (C=O) groups is 2. The lowest BCUT2D eigenvalue weighted by atomic mass is 9.86. The van der Waals surface area contributed by atoms with Crippen molar-refractivity contribution in [2.24, 2.45) is 11.8 Å². The zero-order chi connectivity index (χ0) is 22.1. The number of amides is 2. The lowest BCUT2D eigenvalue weighted by Gasteiger charge is -2.31. The van der Waals surface area contributed by atoms with Crippen LogP contribution in [-0.2, 0) is 22.6 Å². The fourth-order valence-corrected chi connectivity index (χ4v) is 6.30. The summed E-state index contributed by atoms with van der Waals surface area (Å²) in [5.74, 6) is 1.70. The fourth-order valence-electron chi connectivity index (χ4n) is 6.30. The number of nitrogens with one attached hydrogen (secondary N) is 1. The molecule has 1 saturated heterocycles. The molecule has 0 bridgehead atoms. The number of aromatic nitrogens is 2. The van der Waals surface area contributed by atoms with Crippen LogP contribution in [0.25, 0.3) is 0 Å². The molecule has 2 amide bonds. The number of likely N-dealkylation sites (tertiary alicyclic amines) is 1. The van der Waals surface area contributed by atoms with Gasteiger partial charge in [-0.15, -0.1) is 0 Å². The molecule has 5 rings (SSSR count). The van der Waals surface area contributed by atoms with Gasteiger partial charge in [0.25, 0.3) is 5.56 Å². The Kier molecular flexibility index (Phi) is 6.33. The van der Waals surface area contributed by atoms with E-state index in [0.29, 0.717) is 43.2 Å². The van der Waals surface area contributed by atoms with E-state index in [0.717, 1.165) is 63.6 Å². The zero-order valence-corrected chi connectivity index (χ0v) is 19.1. The molecule has 2 saturated carbocycles. The summed E-state index contributed by atoms with van der Waals surface area (Å²) in [6.45, 7) is 1.74. The van der Waals surface area contributed by atoms with Crippen LogP contribution in [0.5, 0.6) is 0 Å². The number of fused-ring (bicyclic) bond motifs is 1. The second-order valence-electron chi connectivity index (χ2n) is 10.3. The summed E-state index contributed by atoms with van der Waals surface area (Å²) < 4.78 is 0. The highest BCUT2D eigenvalue weighted by molar-refractivity contribution is 5.79. The van der Waals surface area contributed by atoms with Gasteiger partial charge in [0, 0.05) is 31.8 Å². The lowest BCUT2D eigenvalue weighted by Crippen LogP contribution is -2.41. The average molecular weight is 441 g/mol. The maximum absolute atomic E-state index is 13.0. The van der Waals surface area contributed by atoms with Crippen molar-refractivity contribution in [3.05, 3.63) is 27.4 Å². The van der Waals surface area contributed by atoms with Crippen molar-refractivity contribution in [1.82, 2.24) is 19.8 Å². The van der Waals surface area contributed by atoms with Gasteiger partial charge in [-0.1, -0.05) is 32.1 Å². The summed E-state index contributed by atoms with van der Waals surface area (Å²) in [5.41, 5.74) is 1.30. The molecule has 4 aliphatic rings. The van der Waals surface area contributed by atoms with E-state index in [4.69, 9.17) is 4.98 Å². The minimum atomic E-state index is -0.139. The van der Waals surface area contributed by atoms with Gasteiger partial charge >= 0.3 is 0 Å². The van der Waals surface area contributed by atoms with Crippen LogP contribution in [0.3, 0.4) is 0 Å². The first-order valence-electron chi connectivity index (χ1n) is 12.8. The first-order chi connectivity index (χ1) is 15.6. The van der Waals surface area contributed by atoms with E-state index in [1.807, 2.05) is 9.80 Å². The van der Waals surface area contributed by atoms with E-state index in [1.165, 1.54) is 19.3 Å². The highest BCUT2D eigenvalue weighted by atomic mass is 16.2. The number of aromatic amines is 1. The van der Waals surface area contributed by atoms with Crippen LogP contribution in [0.2, 0.25) is 0 Å². The summed E-state index contributed by atoms with van der Waals surface area (Å²) in [7, 11) is 0. The SMILES string of the molecule is O=C(CC1CCCCC1)N1CCc2nc([C@@H]3CCCN3C(=O)C3CCCC3)[nH]c(=O)c2C1. The van der Waals surface area contributed by atoms with Gasteiger partial charge in [-0.3, -0.25) is 14.4 Å². The van der Waals surface area contributed by atoms with Gasteiger partial charge in [0.05, 0.1) is 23.8 Å². The van der Waals surface area contributed by atoms with Gasteiger partial charge in [-0.25, -0.2) is 4.98 Å². The van der Waals surface area contributed by atoms with E-state index in [9.17, 15) is 14.4 Å². The van der Waals surface area contributed by atoms with Crippen molar-refractivity contribution < 1.29 is 9.59 Å². The molecule has 32 heavy (non-hydrogen) atoms. The molecule has 0 spiro atoms. The first-order valence-corrected chi connectivity index (χ1v) is 12.8. The van der Waals surface area contributed by atoms with Crippen molar-refractivity contribution in [1.29, 1.82) is 0 Å². The number of carbonyl (C=O) groups excluding carboxylic acids is 2. The number of hydrogen-bond donors (Lipinski definition) is 1. The molecule has 3 heterocycles. The van der Waals surface area contributed by atoms with E-state index in [-0.39, 0.29) is 29.3 Å². The molecule has 3 fully saturated rings. The normalized spacial score (nSPS) is 24.7. The molecule has 1 aromatic heterocycles. The number of rotatable bonds is 4. The summed E-state index contributed by atoms with van der Waals surface area (Å²) in [6, 6.07) is -0.118. The Morgan fingerprint density at radius 3 is 2.47 bits per heavy atom. The molecule has 1 aromatic rings. The van der Waals surface area contributed by atoms with Crippen molar-refractivity contribution in [2.75, 3.05) is 13.1 Å². The predicted octanol–water partition coefficient (Wildman–Crippen LogP) is 3.48. The first kappa shape index (κ1) is 21.7. The van der Waals surface area contributed by atoms with Crippen LogP contribution in [0.15, 0.2) is 4.79 Å². The third-order valence-corrected chi connectivity index (χ3v) is 8.18. The second-order valence-corrected chi connectivity index (χ2v) is 10.3. The highest BCUT2D eigenvalue weighted by Crippen LogP contribution is 2.35. The van der Waals surface area contributed by atoms with E-state index >= 15 is 0 Å². The Labute approximate surface area is 190 Å². The zero-order valence-electron chi connectivity index (χ0n) is 19.1. The molecule has 2 aliphatic carbocycles. The Morgan fingerprint density at radius 2 is 1.69 bits per heavy atom. The van der Waals surface area contributed by atoms with E-state index in [2.05, 4.69) is 4.98 Å². The van der Waals surface area contributed by atoms with Crippen LogP contribution >= 0.6 is 0 Å². The highest BCUT2D eigenvalue weighted by Gasteiger charge is 2.37. The van der Waals surface area contributed by atoms with Gasteiger partial charge in [0.15, 0.2) is 0 Å². The van der Waals surface area contributed by atoms with Gasteiger partial charge in [-0.2, -0.15) is 0 Å². The van der Waals surface area contributed by atoms with Crippen LogP contribution < -0.4 is 5.56 Å². The van der Waals surface area contributed by atoms with Crippen LogP contribution in [-0.4, -0.2) is 44.7 Å². The van der Waals surface area contributed by atoms with Crippen LogP contribution in [0.4, 0.5) is 0 Å². The van der Waals surface area contributed by atoms with E-state index in [1.54, 1.807) is 0 Å².